The summed E-state index contributed by atoms with van der Waals surface area (Å²) >= 11 is 0. The fraction of sp³-hybridized carbons (Fsp3) is 0.500. The quantitative estimate of drug-likeness (QED) is 0.777. The fourth-order valence-electron chi connectivity index (χ4n) is 2.10. The number of hydrogen-bond acceptors (Lipinski definition) is 6. The summed E-state index contributed by atoms with van der Waals surface area (Å²) in [5, 5.41) is 20.0. The highest BCUT2D eigenvalue weighted by atomic mass is 16.7. The Hall–Kier alpha value is -1.47. The first-order valence-corrected chi connectivity index (χ1v) is 6.35. The maximum Gasteiger partial charge on any atom is 0.338 e. The molecule has 0 radical (unpaired) electrons. The fourth-order valence-corrected chi connectivity index (χ4v) is 2.10. The summed E-state index contributed by atoms with van der Waals surface area (Å²) in [5.41, 5.74) is 0.347. The van der Waals surface area contributed by atoms with Crippen molar-refractivity contribution >= 4 is 5.97 Å². The molecule has 0 aliphatic carbocycles. The van der Waals surface area contributed by atoms with E-state index in [0.717, 1.165) is 0 Å². The molecule has 1 aromatic carbocycles. The highest BCUT2D eigenvalue weighted by Crippen LogP contribution is 2.24. The van der Waals surface area contributed by atoms with Gasteiger partial charge in [-0.25, -0.2) is 4.79 Å². The number of hydrogen-bond donors (Lipinski definition) is 2. The monoisotopic (exact) mass is 282 g/mol. The Balaban J connectivity index is 2.11. The number of rotatable bonds is 3. The molecule has 1 aromatic rings. The third kappa shape index (κ3) is 2.99. The third-order valence-electron chi connectivity index (χ3n) is 3.27. The van der Waals surface area contributed by atoms with E-state index in [2.05, 4.69) is 0 Å². The molecular weight excluding hydrogens is 264 g/mol. The lowest BCUT2D eigenvalue weighted by Gasteiger charge is -2.40. The van der Waals surface area contributed by atoms with Gasteiger partial charge < -0.3 is 24.4 Å². The maximum absolute atomic E-state index is 12.0. The first-order chi connectivity index (χ1) is 9.54. The Bertz CT molecular complexity index is 448. The molecule has 110 valence electrons. The van der Waals surface area contributed by atoms with Crippen molar-refractivity contribution in [2.24, 2.45) is 0 Å². The summed E-state index contributed by atoms with van der Waals surface area (Å²) < 4.78 is 15.4. The zero-order valence-electron chi connectivity index (χ0n) is 11.3. The SMILES string of the molecule is CO[C@H]1O[C@@H](C)[C@H](O)[C@@H](OC(=O)c2ccccc2)[C@H]1O. The van der Waals surface area contributed by atoms with Crippen molar-refractivity contribution in [3.8, 4) is 0 Å². The third-order valence-corrected chi connectivity index (χ3v) is 3.27. The summed E-state index contributed by atoms with van der Waals surface area (Å²) in [7, 11) is 1.37. The molecule has 0 aromatic heterocycles. The van der Waals surface area contributed by atoms with Crippen LogP contribution in [0.1, 0.15) is 17.3 Å². The molecule has 5 atom stereocenters. The molecule has 6 nitrogen and oxygen atoms in total. The molecule has 1 fully saturated rings. The van der Waals surface area contributed by atoms with Crippen molar-refractivity contribution in [2.75, 3.05) is 7.11 Å². The number of aliphatic hydroxyl groups is 2. The van der Waals surface area contributed by atoms with E-state index in [4.69, 9.17) is 14.2 Å². The number of carbonyl (C=O) groups excluding carboxylic acids is 1. The van der Waals surface area contributed by atoms with Gasteiger partial charge in [-0.15, -0.1) is 0 Å². The maximum atomic E-state index is 12.0. The van der Waals surface area contributed by atoms with Gasteiger partial charge in [0.15, 0.2) is 12.4 Å². The number of ether oxygens (including phenoxy) is 3. The topological polar surface area (TPSA) is 85.2 Å². The number of carbonyl (C=O) groups is 1. The molecule has 1 aliphatic heterocycles. The smallest absolute Gasteiger partial charge is 0.338 e. The molecular formula is C14H18O6. The van der Waals surface area contributed by atoms with Crippen molar-refractivity contribution in [3.05, 3.63) is 35.9 Å². The molecule has 0 amide bonds. The zero-order valence-corrected chi connectivity index (χ0v) is 11.3. The molecule has 1 aliphatic rings. The lowest BCUT2D eigenvalue weighted by molar-refractivity contribution is -0.285. The average Bonchev–Trinajstić information content (AvgIpc) is 2.48. The van der Waals surface area contributed by atoms with Crippen LogP contribution in [-0.2, 0) is 14.2 Å². The molecule has 0 saturated carbocycles. The van der Waals surface area contributed by atoms with Crippen LogP contribution in [0.15, 0.2) is 30.3 Å². The van der Waals surface area contributed by atoms with Gasteiger partial charge in [-0.3, -0.25) is 0 Å². The van der Waals surface area contributed by atoms with Crippen LogP contribution in [0.2, 0.25) is 0 Å². The number of esters is 1. The van der Waals surface area contributed by atoms with Crippen LogP contribution in [-0.4, -0.2) is 54.0 Å². The van der Waals surface area contributed by atoms with Gasteiger partial charge in [0, 0.05) is 7.11 Å². The van der Waals surface area contributed by atoms with Crippen molar-refractivity contribution in [3.63, 3.8) is 0 Å². The van der Waals surface area contributed by atoms with Gasteiger partial charge in [0.2, 0.25) is 0 Å². The normalized spacial score (nSPS) is 33.7. The van der Waals surface area contributed by atoms with Gasteiger partial charge in [0.25, 0.3) is 0 Å². The van der Waals surface area contributed by atoms with Crippen LogP contribution < -0.4 is 0 Å². The highest BCUT2D eigenvalue weighted by Gasteiger charge is 2.45. The van der Waals surface area contributed by atoms with Gasteiger partial charge in [-0.05, 0) is 19.1 Å². The van der Waals surface area contributed by atoms with Gasteiger partial charge in [0.1, 0.15) is 12.2 Å². The minimum absolute atomic E-state index is 0.347. The second-order valence-corrected chi connectivity index (χ2v) is 4.66. The summed E-state index contributed by atoms with van der Waals surface area (Å²) in [5.74, 6) is -0.613. The van der Waals surface area contributed by atoms with E-state index in [-0.39, 0.29) is 0 Å². The van der Waals surface area contributed by atoms with E-state index in [1.807, 2.05) is 0 Å². The lowest BCUT2D eigenvalue weighted by Crippen LogP contribution is -2.58. The van der Waals surface area contributed by atoms with Gasteiger partial charge >= 0.3 is 5.97 Å². The Labute approximate surface area is 116 Å². The summed E-state index contributed by atoms with van der Waals surface area (Å²) in [6, 6.07) is 8.37. The van der Waals surface area contributed by atoms with Crippen molar-refractivity contribution in [2.45, 2.75) is 37.6 Å². The minimum Gasteiger partial charge on any atom is -0.453 e. The van der Waals surface area contributed by atoms with E-state index >= 15 is 0 Å². The summed E-state index contributed by atoms with van der Waals surface area (Å²) in [4.78, 5) is 12.0. The van der Waals surface area contributed by atoms with Crippen LogP contribution in [0, 0.1) is 0 Å². The molecule has 2 N–H and O–H groups in total. The second kappa shape index (κ2) is 6.32. The largest absolute Gasteiger partial charge is 0.453 e. The number of benzene rings is 1. The van der Waals surface area contributed by atoms with Crippen molar-refractivity contribution in [1.29, 1.82) is 0 Å². The van der Waals surface area contributed by atoms with Crippen LogP contribution >= 0.6 is 0 Å². The zero-order chi connectivity index (χ0) is 14.7. The molecule has 0 bridgehead atoms. The van der Waals surface area contributed by atoms with E-state index in [1.54, 1.807) is 37.3 Å². The predicted octanol–water partition coefficient (Wildman–Crippen LogP) is 0.325. The van der Waals surface area contributed by atoms with Crippen LogP contribution in [0.5, 0.6) is 0 Å². The molecule has 0 spiro atoms. The van der Waals surface area contributed by atoms with Crippen LogP contribution in [0.4, 0.5) is 0 Å². The van der Waals surface area contributed by atoms with Crippen molar-refractivity contribution < 1.29 is 29.2 Å². The number of aliphatic hydroxyl groups excluding tert-OH is 2. The first-order valence-electron chi connectivity index (χ1n) is 6.35. The Morgan fingerprint density at radius 3 is 2.45 bits per heavy atom. The number of methoxy groups -OCH3 is 1. The molecule has 2 rings (SSSR count). The second-order valence-electron chi connectivity index (χ2n) is 4.66. The van der Waals surface area contributed by atoms with Crippen LogP contribution in [0.3, 0.4) is 0 Å². The van der Waals surface area contributed by atoms with E-state index in [9.17, 15) is 15.0 Å². The van der Waals surface area contributed by atoms with E-state index in [0.29, 0.717) is 5.56 Å². The van der Waals surface area contributed by atoms with E-state index < -0.39 is 36.7 Å². The molecule has 6 heteroatoms. The van der Waals surface area contributed by atoms with Crippen LogP contribution in [0.25, 0.3) is 0 Å². The Kier molecular flexibility index (Phi) is 4.72. The van der Waals surface area contributed by atoms with Crippen molar-refractivity contribution in [1.82, 2.24) is 0 Å². The Morgan fingerprint density at radius 1 is 1.20 bits per heavy atom. The molecule has 0 unspecified atom stereocenters. The molecule has 1 saturated heterocycles. The summed E-state index contributed by atoms with van der Waals surface area (Å²) in [6.07, 6.45) is -5.03. The Morgan fingerprint density at radius 2 is 1.85 bits per heavy atom. The predicted molar refractivity (Wildman–Crippen MR) is 69.0 cm³/mol. The van der Waals surface area contributed by atoms with Gasteiger partial charge in [-0.2, -0.15) is 0 Å². The highest BCUT2D eigenvalue weighted by molar-refractivity contribution is 5.89. The average molecular weight is 282 g/mol. The van der Waals surface area contributed by atoms with Gasteiger partial charge in [0.05, 0.1) is 11.7 Å². The lowest BCUT2D eigenvalue weighted by atomic mass is 9.99. The van der Waals surface area contributed by atoms with E-state index in [1.165, 1.54) is 7.11 Å². The van der Waals surface area contributed by atoms with Gasteiger partial charge in [-0.1, -0.05) is 18.2 Å². The molecule has 20 heavy (non-hydrogen) atoms. The first kappa shape index (κ1) is 14.9. The summed E-state index contributed by atoms with van der Waals surface area (Å²) in [6.45, 7) is 1.62. The standard InChI is InChI=1S/C14H18O6/c1-8-10(15)12(11(16)14(18-2)19-8)20-13(17)9-6-4-3-5-7-9/h3-8,10-12,14-16H,1-2H3/t8-,10-,11+,12+,14-/m0/s1. The minimum atomic E-state index is -1.25. The molecule has 1 heterocycles.